The second-order valence-corrected chi connectivity index (χ2v) is 4.43. The highest BCUT2D eigenvalue weighted by Crippen LogP contribution is 2.13. The number of nitrogens with two attached hydrogens (primary N) is 1. The normalized spacial score (nSPS) is 12.4. The van der Waals surface area contributed by atoms with Crippen LogP contribution in [-0.2, 0) is 11.2 Å². The fourth-order valence-corrected chi connectivity index (χ4v) is 1.83. The van der Waals surface area contributed by atoms with E-state index in [2.05, 4.69) is 6.92 Å². The van der Waals surface area contributed by atoms with Crippen LogP contribution in [0, 0.1) is 5.92 Å². The van der Waals surface area contributed by atoms with Gasteiger partial charge in [0.2, 0.25) is 0 Å². The summed E-state index contributed by atoms with van der Waals surface area (Å²) in [5, 5.41) is 0.695. The molecule has 1 aromatic carbocycles. The van der Waals surface area contributed by atoms with Crippen molar-refractivity contribution in [2.45, 2.75) is 26.2 Å². The Hall–Kier alpha value is -0.860. The van der Waals surface area contributed by atoms with Gasteiger partial charge in [0.1, 0.15) is 5.78 Å². The van der Waals surface area contributed by atoms with Gasteiger partial charge in [0.15, 0.2) is 0 Å². The number of ketones is 1. The number of halogens is 1. The Morgan fingerprint density at radius 1 is 1.38 bits per heavy atom. The lowest BCUT2D eigenvalue weighted by molar-refractivity contribution is -0.122. The monoisotopic (exact) mass is 239 g/mol. The first-order chi connectivity index (χ1) is 7.67. The number of hydrogen-bond donors (Lipinski definition) is 1. The summed E-state index contributed by atoms with van der Waals surface area (Å²) in [6, 6.07) is 7.39. The fourth-order valence-electron chi connectivity index (χ4n) is 1.71. The first-order valence-electron chi connectivity index (χ1n) is 5.64. The molecule has 0 radical (unpaired) electrons. The molecule has 2 nitrogen and oxygen atoms in total. The van der Waals surface area contributed by atoms with E-state index in [9.17, 15) is 4.79 Å². The topological polar surface area (TPSA) is 43.1 Å². The van der Waals surface area contributed by atoms with E-state index >= 15 is 0 Å². The van der Waals surface area contributed by atoms with Gasteiger partial charge in [0.25, 0.3) is 0 Å². The Morgan fingerprint density at radius 2 is 2.00 bits per heavy atom. The van der Waals surface area contributed by atoms with E-state index in [0.29, 0.717) is 18.0 Å². The van der Waals surface area contributed by atoms with E-state index in [4.69, 9.17) is 17.3 Å². The third-order valence-electron chi connectivity index (χ3n) is 2.67. The number of benzene rings is 1. The maximum absolute atomic E-state index is 11.9. The van der Waals surface area contributed by atoms with Crippen LogP contribution >= 0.6 is 11.6 Å². The van der Waals surface area contributed by atoms with Crippen LogP contribution in [0.4, 0.5) is 0 Å². The minimum atomic E-state index is 0.000628. The summed E-state index contributed by atoms with van der Waals surface area (Å²) in [4.78, 5) is 11.9. The van der Waals surface area contributed by atoms with Gasteiger partial charge in [-0.1, -0.05) is 37.1 Å². The molecular formula is C13H18ClNO. The van der Waals surface area contributed by atoms with Gasteiger partial charge in [-0.25, -0.2) is 0 Å². The van der Waals surface area contributed by atoms with E-state index in [1.807, 2.05) is 12.1 Å². The van der Waals surface area contributed by atoms with Gasteiger partial charge in [0.05, 0.1) is 0 Å². The first kappa shape index (κ1) is 13.2. The Bertz CT molecular complexity index is 334. The molecular weight excluding hydrogens is 222 g/mol. The van der Waals surface area contributed by atoms with Crippen molar-refractivity contribution in [1.29, 1.82) is 0 Å². The van der Waals surface area contributed by atoms with Crippen molar-refractivity contribution in [3.8, 4) is 0 Å². The van der Waals surface area contributed by atoms with Crippen molar-refractivity contribution in [3.05, 3.63) is 34.9 Å². The molecule has 1 unspecified atom stereocenters. The Balaban J connectivity index is 2.59. The maximum Gasteiger partial charge on any atom is 0.141 e. The molecule has 0 aliphatic heterocycles. The summed E-state index contributed by atoms with van der Waals surface area (Å²) in [6.07, 6.45) is 2.33. The molecule has 0 aliphatic carbocycles. The van der Waals surface area contributed by atoms with Crippen molar-refractivity contribution in [3.63, 3.8) is 0 Å². The summed E-state index contributed by atoms with van der Waals surface area (Å²) < 4.78 is 0. The molecule has 1 rings (SSSR count). The molecule has 3 heteroatoms. The molecule has 16 heavy (non-hydrogen) atoms. The molecule has 0 aliphatic rings. The van der Waals surface area contributed by atoms with Gasteiger partial charge in [0, 0.05) is 23.9 Å². The predicted octanol–water partition coefficient (Wildman–Crippen LogP) is 2.83. The van der Waals surface area contributed by atoms with Crippen LogP contribution in [0.3, 0.4) is 0 Å². The van der Waals surface area contributed by atoms with Gasteiger partial charge in [-0.3, -0.25) is 4.79 Å². The lowest BCUT2D eigenvalue weighted by Crippen LogP contribution is -2.25. The van der Waals surface area contributed by atoms with E-state index in [1.54, 1.807) is 12.1 Å². The Labute approximate surface area is 102 Å². The lowest BCUT2D eigenvalue weighted by atomic mass is 9.94. The standard InChI is InChI=1S/C13H18ClNO/c1-2-3-11(9-15)13(16)8-10-4-6-12(14)7-5-10/h4-7,11H,2-3,8-9,15H2,1H3. The lowest BCUT2D eigenvalue weighted by Gasteiger charge is -2.12. The summed E-state index contributed by atoms with van der Waals surface area (Å²) in [7, 11) is 0. The molecule has 0 spiro atoms. The van der Waals surface area contributed by atoms with Crippen molar-refractivity contribution < 1.29 is 4.79 Å². The molecule has 0 saturated heterocycles. The number of hydrogen-bond acceptors (Lipinski definition) is 2. The molecule has 1 atom stereocenters. The van der Waals surface area contributed by atoms with E-state index in [-0.39, 0.29) is 11.7 Å². The SMILES string of the molecule is CCCC(CN)C(=O)Cc1ccc(Cl)cc1. The predicted molar refractivity (Wildman–Crippen MR) is 67.6 cm³/mol. The quantitative estimate of drug-likeness (QED) is 0.830. The molecule has 2 N–H and O–H groups in total. The smallest absolute Gasteiger partial charge is 0.141 e. The van der Waals surface area contributed by atoms with Crippen molar-refractivity contribution in [2.75, 3.05) is 6.54 Å². The van der Waals surface area contributed by atoms with Crippen LogP contribution in [0.25, 0.3) is 0 Å². The minimum absolute atomic E-state index is 0.000628. The Morgan fingerprint density at radius 3 is 2.50 bits per heavy atom. The first-order valence-corrected chi connectivity index (χ1v) is 6.02. The van der Waals surface area contributed by atoms with E-state index in [1.165, 1.54) is 0 Å². The van der Waals surface area contributed by atoms with Crippen LogP contribution in [-0.4, -0.2) is 12.3 Å². The highest BCUT2D eigenvalue weighted by Gasteiger charge is 2.15. The summed E-state index contributed by atoms with van der Waals surface area (Å²) in [6.45, 7) is 2.51. The van der Waals surface area contributed by atoms with Crippen molar-refractivity contribution in [1.82, 2.24) is 0 Å². The molecule has 0 bridgehead atoms. The van der Waals surface area contributed by atoms with Gasteiger partial charge in [-0.2, -0.15) is 0 Å². The summed E-state index contributed by atoms with van der Waals surface area (Å²) >= 11 is 5.78. The third-order valence-corrected chi connectivity index (χ3v) is 2.92. The molecule has 1 aromatic rings. The highest BCUT2D eigenvalue weighted by molar-refractivity contribution is 6.30. The van der Waals surface area contributed by atoms with E-state index < -0.39 is 0 Å². The molecule has 0 heterocycles. The van der Waals surface area contributed by atoms with Crippen LogP contribution in [0.15, 0.2) is 24.3 Å². The zero-order valence-corrected chi connectivity index (χ0v) is 10.3. The van der Waals surface area contributed by atoms with Crippen LogP contribution in [0.5, 0.6) is 0 Å². The summed E-state index contributed by atoms with van der Waals surface area (Å²) in [5.41, 5.74) is 6.60. The molecule has 88 valence electrons. The van der Waals surface area contributed by atoms with Gasteiger partial charge >= 0.3 is 0 Å². The average molecular weight is 240 g/mol. The zero-order chi connectivity index (χ0) is 12.0. The van der Waals surface area contributed by atoms with Crippen molar-refractivity contribution in [2.24, 2.45) is 11.7 Å². The minimum Gasteiger partial charge on any atom is -0.330 e. The van der Waals surface area contributed by atoms with Gasteiger partial charge in [-0.15, -0.1) is 0 Å². The van der Waals surface area contributed by atoms with Gasteiger partial charge < -0.3 is 5.73 Å². The number of carbonyl (C=O) groups excluding carboxylic acids is 1. The number of Topliss-reactive ketones (excluding diaryl/α,β-unsaturated/α-hetero) is 1. The third kappa shape index (κ3) is 3.95. The van der Waals surface area contributed by atoms with Crippen LogP contribution < -0.4 is 5.73 Å². The number of rotatable bonds is 6. The molecule has 0 amide bonds. The van der Waals surface area contributed by atoms with Crippen molar-refractivity contribution >= 4 is 17.4 Å². The average Bonchev–Trinajstić information content (AvgIpc) is 2.29. The molecule has 0 aromatic heterocycles. The fraction of sp³-hybridized carbons (Fsp3) is 0.462. The van der Waals surface area contributed by atoms with Gasteiger partial charge in [-0.05, 0) is 24.1 Å². The highest BCUT2D eigenvalue weighted by atomic mass is 35.5. The molecule has 0 fully saturated rings. The van der Waals surface area contributed by atoms with Crippen LogP contribution in [0.2, 0.25) is 5.02 Å². The second-order valence-electron chi connectivity index (χ2n) is 3.99. The Kier molecular flexibility index (Phi) is 5.50. The zero-order valence-electron chi connectivity index (χ0n) is 9.58. The summed E-state index contributed by atoms with van der Waals surface area (Å²) in [5.74, 6) is 0.229. The molecule has 0 saturated carbocycles. The maximum atomic E-state index is 11.9. The second kappa shape index (κ2) is 6.66. The number of carbonyl (C=O) groups is 1. The van der Waals surface area contributed by atoms with E-state index in [0.717, 1.165) is 18.4 Å². The van der Waals surface area contributed by atoms with Crippen LogP contribution in [0.1, 0.15) is 25.3 Å². The largest absolute Gasteiger partial charge is 0.330 e.